The molecule has 7 heteroatoms. The number of benzene rings is 3. The van der Waals surface area contributed by atoms with Gasteiger partial charge < -0.3 is 19.3 Å². The van der Waals surface area contributed by atoms with Crippen LogP contribution in [0.2, 0.25) is 10.0 Å². The number of allylic oxidation sites excluding steroid dienone is 1. The molecule has 1 N–H and O–H groups in total. The van der Waals surface area contributed by atoms with Gasteiger partial charge in [0.2, 0.25) is 0 Å². The maximum atomic E-state index is 11.7. The van der Waals surface area contributed by atoms with E-state index in [1.807, 2.05) is 36.4 Å². The Morgan fingerprint density at radius 1 is 0.879 bits per heavy atom. The van der Waals surface area contributed by atoms with E-state index in [2.05, 4.69) is 0 Å². The van der Waals surface area contributed by atoms with E-state index in [-0.39, 0.29) is 18.8 Å². The molecule has 5 nitrogen and oxygen atoms in total. The summed E-state index contributed by atoms with van der Waals surface area (Å²) in [6, 6.07) is 18.0. The lowest BCUT2D eigenvalue weighted by molar-refractivity contribution is -0.130. The van der Waals surface area contributed by atoms with E-state index in [9.17, 15) is 9.90 Å². The zero-order valence-electron chi connectivity index (χ0n) is 18.5. The monoisotopic (exact) mass is 486 g/mol. The minimum Gasteiger partial charge on any atom is -0.497 e. The molecule has 3 rings (SSSR count). The highest BCUT2D eigenvalue weighted by Crippen LogP contribution is 2.38. The lowest BCUT2D eigenvalue weighted by atomic mass is 9.97. The van der Waals surface area contributed by atoms with Gasteiger partial charge in [0.25, 0.3) is 0 Å². The molecule has 0 amide bonds. The van der Waals surface area contributed by atoms with E-state index >= 15 is 0 Å². The van der Waals surface area contributed by atoms with Gasteiger partial charge in [-0.15, -0.1) is 0 Å². The van der Waals surface area contributed by atoms with E-state index in [0.29, 0.717) is 32.7 Å². The number of halogens is 2. The Labute approximate surface area is 203 Å². The normalized spacial score (nSPS) is 10.5. The number of methoxy groups -OCH3 is 1. The maximum Gasteiger partial charge on any atom is 0.336 e. The van der Waals surface area contributed by atoms with Crippen LogP contribution in [0.4, 0.5) is 0 Å². The standard InChI is InChI=1S/C26H24Cl2O5/c1-16(2)24(26(29)30)21-7-5-4-6-18(21)15-32-20-12-22(27)25(23(28)13-20)33-14-17-8-10-19(31-3)11-9-17/h4-13H,14-15H2,1-3H3,(H,29,30). The second-order valence-corrected chi connectivity index (χ2v) is 8.29. The molecule has 0 atom stereocenters. The number of carbonyl (C=O) groups is 1. The fraction of sp³-hybridized carbons (Fsp3) is 0.192. The van der Waals surface area contributed by atoms with Crippen LogP contribution in [-0.2, 0) is 18.0 Å². The smallest absolute Gasteiger partial charge is 0.336 e. The number of carboxylic acids is 1. The van der Waals surface area contributed by atoms with Gasteiger partial charge in [0.15, 0.2) is 5.75 Å². The lowest BCUT2D eigenvalue weighted by Gasteiger charge is -2.15. The summed E-state index contributed by atoms with van der Waals surface area (Å²) in [5, 5.41) is 10.2. The van der Waals surface area contributed by atoms with Crippen molar-refractivity contribution in [2.75, 3.05) is 7.11 Å². The predicted molar refractivity (Wildman–Crippen MR) is 130 cm³/mol. The Balaban J connectivity index is 1.74. The van der Waals surface area contributed by atoms with Crippen LogP contribution in [0, 0.1) is 0 Å². The number of hydrogen-bond acceptors (Lipinski definition) is 4. The van der Waals surface area contributed by atoms with Crippen molar-refractivity contribution in [1.29, 1.82) is 0 Å². The summed E-state index contributed by atoms with van der Waals surface area (Å²) < 4.78 is 16.9. The van der Waals surface area contributed by atoms with Gasteiger partial charge in [-0.05, 0) is 42.7 Å². The Morgan fingerprint density at radius 3 is 2.09 bits per heavy atom. The SMILES string of the molecule is COc1ccc(COc2c(Cl)cc(OCc3ccccc3C(C(=O)O)=C(C)C)cc2Cl)cc1. The van der Waals surface area contributed by atoms with Gasteiger partial charge in [0.1, 0.15) is 24.7 Å². The number of rotatable bonds is 9. The van der Waals surface area contributed by atoms with E-state index < -0.39 is 5.97 Å². The van der Waals surface area contributed by atoms with Gasteiger partial charge in [0.05, 0.1) is 22.7 Å². The highest BCUT2D eigenvalue weighted by atomic mass is 35.5. The molecular weight excluding hydrogens is 463 g/mol. The van der Waals surface area contributed by atoms with Crippen molar-refractivity contribution in [2.45, 2.75) is 27.1 Å². The number of aliphatic carboxylic acids is 1. The van der Waals surface area contributed by atoms with Crippen molar-refractivity contribution < 1.29 is 24.1 Å². The van der Waals surface area contributed by atoms with Crippen molar-refractivity contribution in [3.8, 4) is 17.2 Å². The molecular formula is C26H24Cl2O5. The summed E-state index contributed by atoms with van der Waals surface area (Å²) in [6.07, 6.45) is 0. The van der Waals surface area contributed by atoms with Gasteiger partial charge in [0, 0.05) is 12.1 Å². The molecule has 0 saturated heterocycles. The predicted octanol–water partition coefficient (Wildman–Crippen LogP) is 7.04. The van der Waals surface area contributed by atoms with Crippen molar-refractivity contribution >= 4 is 34.7 Å². The Kier molecular flexibility index (Phi) is 8.26. The molecule has 0 unspecified atom stereocenters. The molecule has 3 aromatic carbocycles. The molecule has 0 aliphatic carbocycles. The second-order valence-electron chi connectivity index (χ2n) is 7.48. The average molecular weight is 487 g/mol. The molecule has 0 radical (unpaired) electrons. The summed E-state index contributed by atoms with van der Waals surface area (Å²) >= 11 is 12.8. The summed E-state index contributed by atoms with van der Waals surface area (Å²) in [7, 11) is 1.61. The molecule has 0 bridgehead atoms. The molecule has 0 spiro atoms. The van der Waals surface area contributed by atoms with Crippen LogP contribution >= 0.6 is 23.2 Å². The number of ether oxygens (including phenoxy) is 3. The minimum atomic E-state index is -0.980. The van der Waals surface area contributed by atoms with E-state index in [4.69, 9.17) is 37.4 Å². The van der Waals surface area contributed by atoms with Crippen molar-refractivity contribution in [1.82, 2.24) is 0 Å². The van der Waals surface area contributed by atoms with E-state index in [1.165, 1.54) is 0 Å². The summed E-state index contributed by atoms with van der Waals surface area (Å²) in [5.74, 6) is 0.593. The van der Waals surface area contributed by atoms with Gasteiger partial charge in [-0.2, -0.15) is 0 Å². The van der Waals surface area contributed by atoms with Crippen LogP contribution < -0.4 is 14.2 Å². The summed E-state index contributed by atoms with van der Waals surface area (Å²) in [5.41, 5.74) is 3.25. The van der Waals surface area contributed by atoms with Gasteiger partial charge >= 0.3 is 5.97 Å². The van der Waals surface area contributed by atoms with E-state index in [0.717, 1.165) is 16.9 Å². The molecule has 0 saturated carbocycles. The summed E-state index contributed by atoms with van der Waals surface area (Å²) in [6.45, 7) is 3.98. The van der Waals surface area contributed by atoms with Crippen molar-refractivity contribution in [3.63, 3.8) is 0 Å². The second kappa shape index (κ2) is 11.1. The fourth-order valence-electron chi connectivity index (χ4n) is 3.28. The summed E-state index contributed by atoms with van der Waals surface area (Å²) in [4.78, 5) is 11.7. The first-order valence-electron chi connectivity index (χ1n) is 10.2. The third-order valence-corrected chi connectivity index (χ3v) is 5.47. The Morgan fingerprint density at radius 2 is 1.52 bits per heavy atom. The molecule has 0 aliphatic heterocycles. The van der Waals surface area contributed by atoms with Crippen molar-refractivity contribution in [3.05, 3.63) is 93.0 Å². The molecule has 0 fully saturated rings. The van der Waals surface area contributed by atoms with Crippen LogP contribution in [0.15, 0.2) is 66.2 Å². The van der Waals surface area contributed by atoms with Gasteiger partial charge in [-0.25, -0.2) is 4.79 Å². The quantitative estimate of drug-likeness (QED) is 0.328. The molecule has 0 aliphatic rings. The Hall–Kier alpha value is -3.15. The van der Waals surface area contributed by atoms with Crippen LogP contribution in [0.25, 0.3) is 5.57 Å². The van der Waals surface area contributed by atoms with Crippen LogP contribution in [0.3, 0.4) is 0 Å². The van der Waals surface area contributed by atoms with Crippen LogP contribution in [0.5, 0.6) is 17.2 Å². The molecule has 172 valence electrons. The topological polar surface area (TPSA) is 65.0 Å². The number of hydrogen-bond donors (Lipinski definition) is 1. The average Bonchev–Trinajstić information content (AvgIpc) is 2.78. The molecule has 0 aromatic heterocycles. The van der Waals surface area contributed by atoms with Gasteiger partial charge in [-0.3, -0.25) is 0 Å². The van der Waals surface area contributed by atoms with Crippen LogP contribution in [0.1, 0.15) is 30.5 Å². The third-order valence-electron chi connectivity index (χ3n) is 4.91. The first-order chi connectivity index (χ1) is 15.8. The molecule has 3 aromatic rings. The number of carboxylic acid groups (broad SMARTS) is 1. The van der Waals surface area contributed by atoms with Crippen LogP contribution in [-0.4, -0.2) is 18.2 Å². The highest BCUT2D eigenvalue weighted by molar-refractivity contribution is 6.37. The largest absolute Gasteiger partial charge is 0.497 e. The first kappa shape index (κ1) is 24.5. The fourth-order valence-corrected chi connectivity index (χ4v) is 3.86. The highest BCUT2D eigenvalue weighted by Gasteiger charge is 2.17. The molecule has 33 heavy (non-hydrogen) atoms. The van der Waals surface area contributed by atoms with Crippen molar-refractivity contribution in [2.24, 2.45) is 0 Å². The lowest BCUT2D eigenvalue weighted by Crippen LogP contribution is -2.07. The zero-order valence-corrected chi connectivity index (χ0v) is 20.0. The van der Waals surface area contributed by atoms with Gasteiger partial charge in [-0.1, -0.05) is 65.2 Å². The maximum absolute atomic E-state index is 11.7. The first-order valence-corrected chi connectivity index (χ1v) is 10.9. The Bertz CT molecular complexity index is 1140. The third kappa shape index (κ3) is 6.21. The van der Waals surface area contributed by atoms with E-state index in [1.54, 1.807) is 45.2 Å². The molecule has 0 heterocycles. The minimum absolute atomic E-state index is 0.152. The zero-order chi connectivity index (χ0) is 24.0.